The highest BCUT2D eigenvalue weighted by Gasteiger charge is 2.70. The van der Waals surface area contributed by atoms with Crippen molar-refractivity contribution in [3.8, 4) is 17.2 Å². The maximum atomic E-state index is 12.3. The maximum absolute atomic E-state index is 12.3. The summed E-state index contributed by atoms with van der Waals surface area (Å²) in [5.41, 5.74) is -0.571. The van der Waals surface area contributed by atoms with Crippen LogP contribution >= 0.6 is 0 Å². The molecule has 2 aromatic carbocycles. The minimum absolute atomic E-state index is 0.0425. The number of ether oxygens (including phenoxy) is 3. The largest absolute Gasteiger partial charge is 0.508 e. The van der Waals surface area contributed by atoms with Gasteiger partial charge in [-0.1, -0.05) is 48.6 Å². The van der Waals surface area contributed by atoms with Crippen molar-refractivity contribution >= 4 is 0 Å². The third-order valence-electron chi connectivity index (χ3n) is 6.90. The Labute approximate surface area is 181 Å². The molecule has 2 N–H and O–H groups in total. The number of hydrogen-bond acceptors (Lipinski definition) is 5. The van der Waals surface area contributed by atoms with Crippen LogP contribution in [-0.2, 0) is 10.3 Å². The molecule has 0 aromatic heterocycles. The van der Waals surface area contributed by atoms with Crippen LogP contribution in [0.3, 0.4) is 0 Å². The van der Waals surface area contributed by atoms with Crippen molar-refractivity contribution in [1.29, 1.82) is 0 Å². The molecule has 1 heterocycles. The summed E-state index contributed by atoms with van der Waals surface area (Å²) in [5.74, 6) is 1.37. The molecule has 1 unspecified atom stereocenters. The summed E-state index contributed by atoms with van der Waals surface area (Å²) in [6.07, 6.45) is 11.1. The molecule has 3 aliphatic rings. The second-order valence-corrected chi connectivity index (χ2v) is 8.32. The van der Waals surface area contributed by atoms with E-state index >= 15 is 0 Å². The highest BCUT2D eigenvalue weighted by atomic mass is 16.5. The third kappa shape index (κ3) is 2.73. The van der Waals surface area contributed by atoms with Crippen molar-refractivity contribution in [2.24, 2.45) is 5.92 Å². The predicted octanol–water partition coefficient (Wildman–Crippen LogP) is 4.57. The molecule has 5 rings (SSSR count). The average molecular weight is 418 g/mol. The van der Waals surface area contributed by atoms with Crippen molar-refractivity contribution in [3.63, 3.8) is 0 Å². The van der Waals surface area contributed by atoms with Crippen LogP contribution < -0.4 is 9.47 Å². The smallest absolute Gasteiger partial charge is 0.158 e. The van der Waals surface area contributed by atoms with Gasteiger partial charge in [0, 0.05) is 24.0 Å². The number of aliphatic hydroxyl groups is 1. The van der Waals surface area contributed by atoms with Crippen LogP contribution in [-0.4, -0.2) is 30.0 Å². The highest BCUT2D eigenvalue weighted by Crippen LogP contribution is 2.67. The van der Waals surface area contributed by atoms with Crippen molar-refractivity contribution in [2.75, 3.05) is 14.2 Å². The fraction of sp³-hybridized carbons (Fsp3) is 0.308. The summed E-state index contributed by atoms with van der Waals surface area (Å²) in [4.78, 5) is 0. The van der Waals surface area contributed by atoms with Crippen molar-refractivity contribution in [1.82, 2.24) is 0 Å². The summed E-state index contributed by atoms with van der Waals surface area (Å²) in [6.45, 7) is 0. The van der Waals surface area contributed by atoms with Gasteiger partial charge in [0.05, 0.1) is 19.8 Å². The van der Waals surface area contributed by atoms with Gasteiger partial charge in [-0.05, 0) is 30.6 Å². The van der Waals surface area contributed by atoms with Crippen molar-refractivity contribution in [2.45, 2.75) is 30.0 Å². The van der Waals surface area contributed by atoms with E-state index in [0.29, 0.717) is 23.5 Å². The topological polar surface area (TPSA) is 68.2 Å². The zero-order valence-electron chi connectivity index (χ0n) is 17.6. The van der Waals surface area contributed by atoms with E-state index in [4.69, 9.17) is 14.2 Å². The molecule has 0 radical (unpaired) electrons. The van der Waals surface area contributed by atoms with E-state index in [1.54, 1.807) is 20.3 Å². The van der Waals surface area contributed by atoms with Crippen molar-refractivity contribution < 1.29 is 24.4 Å². The van der Waals surface area contributed by atoms with Gasteiger partial charge < -0.3 is 24.4 Å². The molecule has 1 aliphatic heterocycles. The van der Waals surface area contributed by atoms with Gasteiger partial charge in [-0.2, -0.15) is 0 Å². The number of methoxy groups -OCH3 is 2. The van der Waals surface area contributed by atoms with Crippen molar-refractivity contribution in [3.05, 3.63) is 89.7 Å². The standard InChI is InChI=1S/C26H26O5/c1-29-20-10-6-9-18(11-12-20)26-21(17-7-4-3-5-8-17)13-14-25(26,28)24-22(30-2)15-19(27)16-23(24)31-26/h3-12,15-16,18,21,27-28H,13-14H2,1-2H3/t18?,21-,25+,26-/m0/s1. The van der Waals surface area contributed by atoms with Gasteiger partial charge in [0.1, 0.15) is 28.6 Å². The van der Waals surface area contributed by atoms with Gasteiger partial charge in [-0.15, -0.1) is 0 Å². The Bertz CT molecular complexity index is 1090. The number of fused-ring (bicyclic) bond motifs is 3. The maximum Gasteiger partial charge on any atom is 0.158 e. The van der Waals surface area contributed by atoms with Gasteiger partial charge in [-0.25, -0.2) is 0 Å². The SMILES string of the molecule is COC1=CC=CC([C@@]23Oc4cc(O)cc(OC)c4[C@]2(O)CC[C@H]3c2ccccc2)C=C1. The molecule has 5 heteroatoms. The molecule has 0 spiro atoms. The zero-order chi connectivity index (χ0) is 21.6. The van der Waals surface area contributed by atoms with Gasteiger partial charge >= 0.3 is 0 Å². The molecular weight excluding hydrogens is 392 g/mol. The monoisotopic (exact) mass is 418 g/mol. The van der Waals surface area contributed by atoms with E-state index in [1.807, 2.05) is 48.6 Å². The van der Waals surface area contributed by atoms with E-state index in [1.165, 1.54) is 6.07 Å². The van der Waals surface area contributed by atoms with Crippen LogP contribution in [0.2, 0.25) is 0 Å². The van der Waals surface area contributed by atoms with Gasteiger partial charge in [0.15, 0.2) is 5.60 Å². The lowest BCUT2D eigenvalue weighted by Gasteiger charge is -2.43. The summed E-state index contributed by atoms with van der Waals surface area (Å²) >= 11 is 0. The summed E-state index contributed by atoms with van der Waals surface area (Å²) < 4.78 is 17.7. The van der Waals surface area contributed by atoms with Crippen LogP contribution in [0.5, 0.6) is 17.2 Å². The number of phenols is 1. The van der Waals surface area contributed by atoms with Gasteiger partial charge in [0.25, 0.3) is 0 Å². The van der Waals surface area contributed by atoms with Crippen LogP contribution in [0, 0.1) is 5.92 Å². The molecule has 31 heavy (non-hydrogen) atoms. The molecular formula is C26H26O5. The number of hydrogen-bond donors (Lipinski definition) is 2. The van der Waals surface area contributed by atoms with Gasteiger partial charge in [-0.3, -0.25) is 0 Å². The fourth-order valence-electron chi connectivity index (χ4n) is 5.62. The van der Waals surface area contributed by atoms with E-state index in [2.05, 4.69) is 12.1 Å². The summed E-state index contributed by atoms with van der Waals surface area (Å²) in [7, 11) is 3.18. The molecule has 0 saturated heterocycles. The molecule has 4 atom stereocenters. The molecule has 2 aliphatic carbocycles. The molecule has 0 bridgehead atoms. The summed E-state index contributed by atoms with van der Waals surface area (Å²) in [6, 6.07) is 13.3. The first-order valence-corrected chi connectivity index (χ1v) is 10.5. The van der Waals surface area contributed by atoms with Crippen LogP contribution in [0.4, 0.5) is 0 Å². The quantitative estimate of drug-likeness (QED) is 0.761. The Balaban J connectivity index is 1.73. The Morgan fingerprint density at radius 3 is 2.61 bits per heavy atom. The molecule has 1 fully saturated rings. The average Bonchev–Trinajstić information content (AvgIpc) is 3.06. The van der Waals surface area contributed by atoms with Crippen LogP contribution in [0.15, 0.2) is 78.6 Å². The third-order valence-corrected chi connectivity index (χ3v) is 6.90. The minimum Gasteiger partial charge on any atom is -0.508 e. The number of allylic oxidation sites excluding steroid dienone is 3. The van der Waals surface area contributed by atoms with E-state index in [0.717, 1.165) is 17.7 Å². The Morgan fingerprint density at radius 1 is 1.06 bits per heavy atom. The lowest BCUT2D eigenvalue weighted by Crippen LogP contribution is -2.55. The normalized spacial score (nSPS) is 30.7. The molecule has 5 nitrogen and oxygen atoms in total. The van der Waals surface area contributed by atoms with E-state index in [9.17, 15) is 10.2 Å². The second-order valence-electron chi connectivity index (χ2n) is 8.32. The lowest BCUT2D eigenvalue weighted by atomic mass is 9.68. The summed E-state index contributed by atoms with van der Waals surface area (Å²) in [5, 5.41) is 22.6. The van der Waals surface area contributed by atoms with Crippen LogP contribution in [0.1, 0.15) is 29.9 Å². The molecule has 160 valence electrons. The second kappa shape index (κ2) is 7.20. The molecule has 1 saturated carbocycles. The first kappa shape index (κ1) is 19.8. The minimum atomic E-state index is -1.29. The molecule has 0 amide bonds. The Kier molecular flexibility index (Phi) is 4.59. The fourth-order valence-corrected chi connectivity index (χ4v) is 5.62. The number of aromatic hydroxyl groups is 1. The van der Waals surface area contributed by atoms with E-state index < -0.39 is 11.2 Å². The number of rotatable bonds is 4. The number of benzene rings is 2. The molecule has 2 aromatic rings. The van der Waals surface area contributed by atoms with E-state index in [-0.39, 0.29) is 17.6 Å². The first-order chi connectivity index (χ1) is 15.0. The Morgan fingerprint density at radius 2 is 1.87 bits per heavy atom. The zero-order valence-corrected chi connectivity index (χ0v) is 17.6. The van der Waals surface area contributed by atoms with Gasteiger partial charge in [0.2, 0.25) is 0 Å². The first-order valence-electron chi connectivity index (χ1n) is 10.5. The lowest BCUT2D eigenvalue weighted by molar-refractivity contribution is -0.115. The highest BCUT2D eigenvalue weighted by molar-refractivity contribution is 5.60. The Hall–Kier alpha value is -3.18. The van der Waals surface area contributed by atoms with Crippen LogP contribution in [0.25, 0.3) is 0 Å². The number of phenolic OH excluding ortho intramolecular Hbond substituents is 1. The predicted molar refractivity (Wildman–Crippen MR) is 117 cm³/mol.